The van der Waals surface area contributed by atoms with Gasteiger partial charge in [-0.2, -0.15) is 0 Å². The van der Waals surface area contributed by atoms with Crippen molar-refractivity contribution < 1.29 is 24.2 Å². The lowest BCUT2D eigenvalue weighted by Crippen LogP contribution is -2.44. The molecule has 1 fully saturated rings. The highest BCUT2D eigenvalue weighted by Gasteiger charge is 2.20. The van der Waals surface area contributed by atoms with Crippen LogP contribution in [0.1, 0.15) is 38.5 Å². The molecule has 4 N–H and O–H groups in total. The summed E-state index contributed by atoms with van der Waals surface area (Å²) in [5, 5.41) is 10.8. The first-order valence-corrected chi connectivity index (χ1v) is 6.43. The van der Waals surface area contributed by atoms with E-state index in [0.29, 0.717) is 0 Å². The van der Waals surface area contributed by atoms with E-state index >= 15 is 0 Å². The highest BCUT2D eigenvalue weighted by atomic mass is 16.5. The van der Waals surface area contributed by atoms with Gasteiger partial charge in [-0.25, -0.2) is 0 Å². The van der Waals surface area contributed by atoms with Gasteiger partial charge in [-0.15, -0.1) is 0 Å². The van der Waals surface area contributed by atoms with Crippen LogP contribution in [0.2, 0.25) is 0 Å². The molecule has 1 aliphatic rings. The number of rotatable bonds is 6. The normalized spacial score (nSPS) is 17.5. The third kappa shape index (κ3) is 6.19. The molecule has 1 saturated carbocycles. The SMILES string of the molecule is N[C@H](CC(=O)O)C(=O)NCC(=O)OC1CCCCC1. The number of esters is 1. The smallest absolute Gasteiger partial charge is 0.325 e. The lowest BCUT2D eigenvalue weighted by atomic mass is 9.98. The summed E-state index contributed by atoms with van der Waals surface area (Å²) in [5.74, 6) is -2.33. The molecule has 0 heterocycles. The van der Waals surface area contributed by atoms with E-state index in [-0.39, 0.29) is 12.6 Å². The van der Waals surface area contributed by atoms with Gasteiger partial charge in [-0.05, 0) is 25.7 Å². The molecule has 1 rings (SSSR count). The molecule has 108 valence electrons. The van der Waals surface area contributed by atoms with Gasteiger partial charge in [0.2, 0.25) is 5.91 Å². The number of hydrogen-bond donors (Lipinski definition) is 3. The van der Waals surface area contributed by atoms with E-state index in [2.05, 4.69) is 5.32 Å². The number of nitrogens with two attached hydrogens (primary N) is 1. The summed E-state index contributed by atoms with van der Waals surface area (Å²) < 4.78 is 5.19. The molecular weight excluding hydrogens is 252 g/mol. The predicted octanol–water partition coefficient (Wildman–Crippen LogP) is -0.220. The Hall–Kier alpha value is -1.63. The fraction of sp³-hybridized carbons (Fsp3) is 0.750. The maximum absolute atomic E-state index is 11.5. The molecule has 1 amide bonds. The number of hydrogen-bond acceptors (Lipinski definition) is 5. The van der Waals surface area contributed by atoms with Gasteiger partial charge in [-0.1, -0.05) is 6.42 Å². The lowest BCUT2D eigenvalue weighted by molar-refractivity contribution is -0.150. The zero-order chi connectivity index (χ0) is 14.3. The van der Waals surface area contributed by atoms with E-state index in [1.165, 1.54) is 0 Å². The molecule has 0 unspecified atom stereocenters. The van der Waals surface area contributed by atoms with Crippen LogP contribution in [-0.4, -0.2) is 41.6 Å². The molecule has 0 aromatic carbocycles. The lowest BCUT2D eigenvalue weighted by Gasteiger charge is -2.22. The first-order valence-electron chi connectivity index (χ1n) is 6.43. The van der Waals surface area contributed by atoms with Crippen molar-refractivity contribution in [3.05, 3.63) is 0 Å². The Balaban J connectivity index is 2.21. The number of aliphatic carboxylic acids is 1. The van der Waals surface area contributed by atoms with Crippen LogP contribution in [0.4, 0.5) is 0 Å². The molecule has 0 bridgehead atoms. The third-order valence-corrected chi connectivity index (χ3v) is 2.99. The van der Waals surface area contributed by atoms with E-state index < -0.39 is 30.3 Å². The monoisotopic (exact) mass is 272 g/mol. The van der Waals surface area contributed by atoms with Crippen molar-refractivity contribution in [1.29, 1.82) is 0 Å². The Morgan fingerprint density at radius 1 is 1.26 bits per heavy atom. The van der Waals surface area contributed by atoms with Crippen LogP contribution in [0.15, 0.2) is 0 Å². The van der Waals surface area contributed by atoms with Crippen molar-refractivity contribution in [2.24, 2.45) is 5.73 Å². The van der Waals surface area contributed by atoms with Crippen molar-refractivity contribution in [1.82, 2.24) is 5.32 Å². The van der Waals surface area contributed by atoms with Crippen molar-refractivity contribution in [3.8, 4) is 0 Å². The van der Waals surface area contributed by atoms with Crippen molar-refractivity contribution in [2.75, 3.05) is 6.54 Å². The summed E-state index contributed by atoms with van der Waals surface area (Å²) >= 11 is 0. The largest absolute Gasteiger partial charge is 0.481 e. The van der Waals surface area contributed by atoms with Gasteiger partial charge in [0.15, 0.2) is 0 Å². The Labute approximate surface area is 111 Å². The summed E-state index contributed by atoms with van der Waals surface area (Å²) in [4.78, 5) is 33.2. The van der Waals surface area contributed by atoms with Crippen LogP contribution in [0.5, 0.6) is 0 Å². The second-order valence-electron chi connectivity index (χ2n) is 4.67. The molecule has 19 heavy (non-hydrogen) atoms. The number of ether oxygens (including phenoxy) is 1. The van der Waals surface area contributed by atoms with Crippen LogP contribution in [-0.2, 0) is 19.1 Å². The molecule has 0 aromatic heterocycles. The Morgan fingerprint density at radius 2 is 1.89 bits per heavy atom. The fourth-order valence-corrected chi connectivity index (χ4v) is 1.98. The van der Waals surface area contributed by atoms with Gasteiger partial charge < -0.3 is 20.9 Å². The van der Waals surface area contributed by atoms with Gasteiger partial charge >= 0.3 is 11.9 Å². The van der Waals surface area contributed by atoms with E-state index in [9.17, 15) is 14.4 Å². The number of nitrogens with one attached hydrogen (secondary N) is 1. The maximum Gasteiger partial charge on any atom is 0.325 e. The summed E-state index contributed by atoms with van der Waals surface area (Å²) in [6.07, 6.45) is 4.45. The molecule has 1 aliphatic carbocycles. The zero-order valence-electron chi connectivity index (χ0n) is 10.8. The average molecular weight is 272 g/mol. The van der Waals surface area contributed by atoms with Crippen molar-refractivity contribution >= 4 is 17.8 Å². The van der Waals surface area contributed by atoms with Crippen LogP contribution in [0.25, 0.3) is 0 Å². The van der Waals surface area contributed by atoms with Crippen LogP contribution >= 0.6 is 0 Å². The molecule has 7 nitrogen and oxygen atoms in total. The first kappa shape index (κ1) is 15.4. The van der Waals surface area contributed by atoms with Gasteiger partial charge in [0.25, 0.3) is 0 Å². The summed E-state index contributed by atoms with van der Waals surface area (Å²) in [7, 11) is 0. The van der Waals surface area contributed by atoms with Gasteiger partial charge in [0.1, 0.15) is 12.6 Å². The summed E-state index contributed by atoms with van der Waals surface area (Å²) in [6.45, 7) is -0.275. The second-order valence-corrected chi connectivity index (χ2v) is 4.67. The van der Waals surface area contributed by atoms with Gasteiger partial charge in [-0.3, -0.25) is 14.4 Å². The molecule has 0 radical (unpaired) electrons. The minimum atomic E-state index is -1.16. The number of carboxylic acid groups (broad SMARTS) is 1. The quantitative estimate of drug-likeness (QED) is 0.575. The third-order valence-electron chi connectivity index (χ3n) is 2.99. The minimum Gasteiger partial charge on any atom is -0.481 e. The van der Waals surface area contributed by atoms with Crippen molar-refractivity contribution in [2.45, 2.75) is 50.7 Å². The summed E-state index contributed by atoms with van der Waals surface area (Å²) in [5.41, 5.74) is 5.34. The van der Waals surface area contributed by atoms with Crippen LogP contribution < -0.4 is 11.1 Å². The number of carbonyl (C=O) groups is 3. The highest BCUT2D eigenvalue weighted by Crippen LogP contribution is 2.20. The van der Waals surface area contributed by atoms with Gasteiger partial charge in [0.05, 0.1) is 12.5 Å². The molecule has 0 saturated heterocycles. The average Bonchev–Trinajstić information content (AvgIpc) is 2.36. The number of carboxylic acids is 1. The van der Waals surface area contributed by atoms with Crippen molar-refractivity contribution in [3.63, 3.8) is 0 Å². The number of amides is 1. The summed E-state index contributed by atoms with van der Waals surface area (Å²) in [6, 6.07) is -1.15. The van der Waals surface area contributed by atoms with Crippen LogP contribution in [0, 0.1) is 0 Å². The molecule has 0 spiro atoms. The standard InChI is InChI=1S/C12H20N2O5/c13-9(6-10(15)16)12(18)14-7-11(17)19-8-4-2-1-3-5-8/h8-9H,1-7,13H2,(H,14,18)(H,15,16)/t9-/m1/s1. The van der Waals surface area contributed by atoms with Crippen LogP contribution in [0.3, 0.4) is 0 Å². The minimum absolute atomic E-state index is 0.0640. The molecule has 1 atom stereocenters. The molecule has 0 aliphatic heterocycles. The molecular formula is C12H20N2O5. The van der Waals surface area contributed by atoms with E-state index in [1.807, 2.05) is 0 Å². The van der Waals surface area contributed by atoms with Gasteiger partial charge in [0, 0.05) is 0 Å². The van der Waals surface area contributed by atoms with E-state index in [0.717, 1.165) is 32.1 Å². The van der Waals surface area contributed by atoms with E-state index in [4.69, 9.17) is 15.6 Å². The number of carbonyl (C=O) groups excluding carboxylic acids is 2. The highest BCUT2D eigenvalue weighted by molar-refractivity contribution is 5.88. The fourth-order valence-electron chi connectivity index (χ4n) is 1.98. The molecule has 0 aromatic rings. The Morgan fingerprint density at radius 3 is 2.47 bits per heavy atom. The maximum atomic E-state index is 11.5. The Bertz CT molecular complexity index is 339. The zero-order valence-corrected chi connectivity index (χ0v) is 10.8. The topological polar surface area (TPSA) is 119 Å². The molecule has 7 heteroatoms. The first-order chi connectivity index (χ1) is 8.99. The predicted molar refractivity (Wildman–Crippen MR) is 66.2 cm³/mol. The van der Waals surface area contributed by atoms with E-state index in [1.54, 1.807) is 0 Å². The second kappa shape index (κ2) is 7.73. The Kier molecular flexibility index (Phi) is 6.27.